The molecule has 1 N–H and O–H groups in total. The number of aromatic carboxylic acids is 1. The zero-order valence-corrected chi connectivity index (χ0v) is 13.0. The molecule has 0 bridgehead atoms. The van der Waals surface area contributed by atoms with Crippen LogP contribution in [0.5, 0.6) is 5.75 Å². The molecular formula is C15H12BrClO3. The molecule has 5 heteroatoms. The maximum absolute atomic E-state index is 11.0. The van der Waals surface area contributed by atoms with Crippen LogP contribution < -0.4 is 4.74 Å². The summed E-state index contributed by atoms with van der Waals surface area (Å²) in [6, 6.07) is 10.6. The Labute approximate surface area is 130 Å². The van der Waals surface area contributed by atoms with E-state index in [1.807, 2.05) is 25.1 Å². The van der Waals surface area contributed by atoms with Crippen molar-refractivity contribution in [3.8, 4) is 5.75 Å². The summed E-state index contributed by atoms with van der Waals surface area (Å²) in [5.41, 5.74) is 2.10. The van der Waals surface area contributed by atoms with Crippen molar-refractivity contribution in [3.05, 3.63) is 62.6 Å². The van der Waals surface area contributed by atoms with Gasteiger partial charge in [-0.2, -0.15) is 0 Å². The van der Waals surface area contributed by atoms with E-state index in [0.29, 0.717) is 21.9 Å². The summed E-state index contributed by atoms with van der Waals surface area (Å²) >= 11 is 9.31. The highest BCUT2D eigenvalue weighted by molar-refractivity contribution is 9.10. The largest absolute Gasteiger partial charge is 0.489 e. The molecule has 2 aromatic rings. The number of aryl methyl sites for hydroxylation is 1. The first-order valence-corrected chi connectivity index (χ1v) is 7.05. The van der Waals surface area contributed by atoms with Gasteiger partial charge in [0, 0.05) is 15.1 Å². The van der Waals surface area contributed by atoms with Gasteiger partial charge in [0.05, 0.1) is 5.56 Å². The van der Waals surface area contributed by atoms with Gasteiger partial charge in [0.2, 0.25) is 0 Å². The van der Waals surface area contributed by atoms with Crippen molar-refractivity contribution in [2.45, 2.75) is 13.5 Å². The second-order valence-corrected chi connectivity index (χ2v) is 5.59. The van der Waals surface area contributed by atoms with Crippen molar-refractivity contribution >= 4 is 33.5 Å². The maximum atomic E-state index is 11.0. The molecule has 0 saturated carbocycles. The summed E-state index contributed by atoms with van der Waals surface area (Å²) < 4.78 is 6.11. The average molecular weight is 356 g/mol. The van der Waals surface area contributed by atoms with E-state index in [9.17, 15) is 4.79 Å². The highest BCUT2D eigenvalue weighted by Crippen LogP contribution is 2.24. The van der Waals surface area contributed by atoms with E-state index < -0.39 is 5.97 Å². The Morgan fingerprint density at radius 1 is 1.30 bits per heavy atom. The topological polar surface area (TPSA) is 46.5 Å². The molecule has 3 nitrogen and oxygen atoms in total. The number of halogens is 2. The summed E-state index contributed by atoms with van der Waals surface area (Å²) in [6.45, 7) is 2.25. The van der Waals surface area contributed by atoms with Gasteiger partial charge >= 0.3 is 5.97 Å². The maximum Gasteiger partial charge on any atom is 0.336 e. The smallest absolute Gasteiger partial charge is 0.336 e. The molecule has 0 atom stereocenters. The molecule has 0 heterocycles. The number of carboxylic acids is 1. The third kappa shape index (κ3) is 3.52. The van der Waals surface area contributed by atoms with Gasteiger partial charge < -0.3 is 9.84 Å². The van der Waals surface area contributed by atoms with Crippen LogP contribution in [0.15, 0.2) is 40.9 Å². The van der Waals surface area contributed by atoms with Crippen LogP contribution in [0.25, 0.3) is 0 Å². The molecule has 0 unspecified atom stereocenters. The fourth-order valence-corrected chi connectivity index (χ4v) is 2.39. The lowest BCUT2D eigenvalue weighted by atomic mass is 10.1. The SMILES string of the molecule is Cc1ccc(COc2ccc(Br)c(C(=O)O)c2)c(Cl)c1. The first-order valence-electron chi connectivity index (χ1n) is 5.88. The second kappa shape index (κ2) is 6.29. The van der Waals surface area contributed by atoms with Crippen LogP contribution in [0.2, 0.25) is 5.02 Å². The number of ether oxygens (including phenoxy) is 1. The van der Waals surface area contributed by atoms with Crippen molar-refractivity contribution in [1.82, 2.24) is 0 Å². The Balaban J connectivity index is 2.15. The van der Waals surface area contributed by atoms with E-state index in [1.165, 1.54) is 6.07 Å². The summed E-state index contributed by atoms with van der Waals surface area (Å²) in [5.74, 6) is -0.516. The number of hydrogen-bond acceptors (Lipinski definition) is 2. The minimum atomic E-state index is -1.00. The van der Waals surface area contributed by atoms with Gasteiger partial charge in [-0.1, -0.05) is 23.7 Å². The molecule has 104 valence electrons. The van der Waals surface area contributed by atoms with Crippen LogP contribution in [0.3, 0.4) is 0 Å². The molecule has 0 radical (unpaired) electrons. The third-order valence-electron chi connectivity index (χ3n) is 2.77. The predicted octanol–water partition coefficient (Wildman–Crippen LogP) is 4.69. The zero-order chi connectivity index (χ0) is 14.7. The Morgan fingerprint density at radius 2 is 2.05 bits per heavy atom. The Morgan fingerprint density at radius 3 is 2.70 bits per heavy atom. The van der Waals surface area contributed by atoms with Crippen LogP contribution in [-0.4, -0.2) is 11.1 Å². The van der Waals surface area contributed by atoms with Gasteiger partial charge in [-0.25, -0.2) is 4.79 Å². The minimum absolute atomic E-state index is 0.164. The molecule has 0 aliphatic carbocycles. The van der Waals surface area contributed by atoms with Gasteiger partial charge in [0.15, 0.2) is 0 Å². The van der Waals surface area contributed by atoms with Gasteiger partial charge in [-0.05, 0) is 52.7 Å². The van der Waals surface area contributed by atoms with E-state index >= 15 is 0 Å². The average Bonchev–Trinajstić information content (AvgIpc) is 2.39. The molecule has 0 aromatic heterocycles. The molecule has 2 rings (SSSR count). The highest BCUT2D eigenvalue weighted by atomic mass is 79.9. The van der Waals surface area contributed by atoms with E-state index in [-0.39, 0.29) is 5.56 Å². The predicted molar refractivity (Wildman–Crippen MR) is 81.6 cm³/mol. The fourth-order valence-electron chi connectivity index (χ4n) is 1.69. The van der Waals surface area contributed by atoms with E-state index in [1.54, 1.807) is 12.1 Å². The van der Waals surface area contributed by atoms with E-state index in [2.05, 4.69) is 15.9 Å². The molecule has 20 heavy (non-hydrogen) atoms. The number of carboxylic acid groups (broad SMARTS) is 1. The molecule has 0 fully saturated rings. The van der Waals surface area contributed by atoms with E-state index in [0.717, 1.165) is 11.1 Å². The number of carbonyl (C=O) groups is 1. The van der Waals surface area contributed by atoms with Crippen LogP contribution in [-0.2, 0) is 6.61 Å². The molecule has 0 spiro atoms. The normalized spacial score (nSPS) is 10.3. The quantitative estimate of drug-likeness (QED) is 0.865. The number of hydrogen-bond donors (Lipinski definition) is 1. The van der Waals surface area contributed by atoms with Crippen molar-refractivity contribution in [2.24, 2.45) is 0 Å². The van der Waals surface area contributed by atoms with Crippen molar-refractivity contribution in [1.29, 1.82) is 0 Å². The highest BCUT2D eigenvalue weighted by Gasteiger charge is 2.10. The van der Waals surface area contributed by atoms with E-state index in [4.69, 9.17) is 21.4 Å². The minimum Gasteiger partial charge on any atom is -0.489 e. The lowest BCUT2D eigenvalue weighted by Crippen LogP contribution is -2.01. The zero-order valence-electron chi connectivity index (χ0n) is 10.7. The van der Waals surface area contributed by atoms with Crippen LogP contribution in [0.4, 0.5) is 0 Å². The van der Waals surface area contributed by atoms with Crippen LogP contribution in [0, 0.1) is 6.92 Å². The first kappa shape index (κ1) is 14.9. The monoisotopic (exact) mass is 354 g/mol. The Hall–Kier alpha value is -1.52. The van der Waals surface area contributed by atoms with Crippen molar-refractivity contribution in [3.63, 3.8) is 0 Å². The van der Waals surface area contributed by atoms with Gasteiger partial charge in [0.25, 0.3) is 0 Å². The van der Waals surface area contributed by atoms with Gasteiger partial charge in [-0.15, -0.1) is 0 Å². The molecule has 0 amide bonds. The van der Waals surface area contributed by atoms with Crippen LogP contribution in [0.1, 0.15) is 21.5 Å². The Kier molecular flexibility index (Phi) is 4.68. The first-order chi connectivity index (χ1) is 9.47. The number of rotatable bonds is 4. The number of benzene rings is 2. The lowest BCUT2D eigenvalue weighted by Gasteiger charge is -2.09. The van der Waals surface area contributed by atoms with Gasteiger partial charge in [-0.3, -0.25) is 0 Å². The Bertz CT molecular complexity index is 656. The molecule has 0 aliphatic rings. The third-order valence-corrected chi connectivity index (χ3v) is 3.81. The summed E-state index contributed by atoms with van der Waals surface area (Å²) in [4.78, 5) is 11.0. The summed E-state index contributed by atoms with van der Waals surface area (Å²) in [6.07, 6.45) is 0. The second-order valence-electron chi connectivity index (χ2n) is 4.33. The fraction of sp³-hybridized carbons (Fsp3) is 0.133. The molecule has 0 aliphatic heterocycles. The molecular weight excluding hydrogens is 344 g/mol. The van der Waals surface area contributed by atoms with Crippen LogP contribution >= 0.6 is 27.5 Å². The van der Waals surface area contributed by atoms with Crippen molar-refractivity contribution < 1.29 is 14.6 Å². The van der Waals surface area contributed by atoms with Crippen molar-refractivity contribution in [2.75, 3.05) is 0 Å². The van der Waals surface area contributed by atoms with Gasteiger partial charge in [0.1, 0.15) is 12.4 Å². The lowest BCUT2D eigenvalue weighted by molar-refractivity contribution is 0.0695. The summed E-state index contributed by atoms with van der Waals surface area (Å²) in [5, 5.41) is 9.68. The standard InChI is InChI=1S/C15H12BrClO3/c1-9-2-3-10(14(17)6-9)8-20-11-4-5-13(16)12(7-11)15(18)19/h2-7H,8H2,1H3,(H,18,19). The molecule has 0 saturated heterocycles. The molecule has 2 aromatic carbocycles. The summed E-state index contributed by atoms with van der Waals surface area (Å²) in [7, 11) is 0.